The van der Waals surface area contributed by atoms with Gasteiger partial charge in [0.1, 0.15) is 11.9 Å². The van der Waals surface area contributed by atoms with Crippen molar-refractivity contribution in [1.29, 1.82) is 0 Å². The molecule has 0 spiro atoms. The lowest BCUT2D eigenvalue weighted by Gasteiger charge is -2.29. The minimum absolute atomic E-state index is 0.0488. The Bertz CT molecular complexity index is 928. The lowest BCUT2D eigenvalue weighted by Crippen LogP contribution is -2.31. The monoisotopic (exact) mass is 408 g/mol. The van der Waals surface area contributed by atoms with E-state index in [2.05, 4.69) is 9.98 Å². The molecule has 1 aromatic carbocycles. The van der Waals surface area contributed by atoms with E-state index in [1.54, 1.807) is 20.0 Å². The zero-order chi connectivity index (χ0) is 21.1. The fraction of sp³-hybridized carbons (Fsp3) is 0.458. The Morgan fingerprint density at radius 2 is 2.13 bits per heavy atom. The van der Waals surface area contributed by atoms with Crippen molar-refractivity contribution in [3.63, 3.8) is 0 Å². The molecule has 6 nitrogen and oxygen atoms in total. The smallest absolute Gasteiger partial charge is 0.218 e. The first-order valence-electron chi connectivity index (χ1n) is 10.5. The molecule has 2 aliphatic heterocycles. The largest absolute Gasteiger partial charge is 0.472 e. The van der Waals surface area contributed by atoms with E-state index in [1.165, 1.54) is 0 Å². The van der Waals surface area contributed by atoms with Crippen molar-refractivity contribution in [3.8, 4) is 0 Å². The molecule has 0 aliphatic carbocycles. The first-order chi connectivity index (χ1) is 14.4. The normalized spacial score (nSPS) is 19.3. The molecule has 1 aromatic heterocycles. The molecule has 158 valence electrons. The summed E-state index contributed by atoms with van der Waals surface area (Å²) in [5.74, 6) is 0.409. The number of Topliss-reactive ketones (excluding diaryl/α,β-unsaturated/α-hetero) is 1. The summed E-state index contributed by atoms with van der Waals surface area (Å²) in [6, 6.07) is 11.6. The van der Waals surface area contributed by atoms with E-state index < -0.39 is 5.60 Å². The van der Waals surface area contributed by atoms with Gasteiger partial charge in [-0.3, -0.25) is 9.78 Å². The molecular weight excluding hydrogens is 380 g/mol. The molecule has 2 aliphatic rings. The SMILES string of the molecule is CC(C)(O)[C@@H](CC(=O)Cc1cc2c(cn1)C(OC1CCOC1)=NC2)c1ccccc1. The molecule has 30 heavy (non-hydrogen) atoms. The molecule has 1 N–H and O–H groups in total. The van der Waals surface area contributed by atoms with Crippen LogP contribution in [0.4, 0.5) is 0 Å². The third kappa shape index (κ3) is 4.77. The van der Waals surface area contributed by atoms with Gasteiger partial charge in [0.2, 0.25) is 5.90 Å². The number of aliphatic imine (C=N–C) groups is 1. The first-order valence-corrected chi connectivity index (χ1v) is 10.5. The van der Waals surface area contributed by atoms with Crippen molar-refractivity contribution in [2.24, 2.45) is 4.99 Å². The Labute approximate surface area is 177 Å². The molecule has 0 saturated carbocycles. The van der Waals surface area contributed by atoms with Crippen LogP contribution in [0, 0.1) is 0 Å². The first kappa shape index (κ1) is 20.7. The second-order valence-corrected chi connectivity index (χ2v) is 8.59. The van der Waals surface area contributed by atoms with E-state index in [0.29, 0.717) is 19.0 Å². The topological polar surface area (TPSA) is 81.0 Å². The van der Waals surface area contributed by atoms with Gasteiger partial charge in [0.25, 0.3) is 0 Å². The second-order valence-electron chi connectivity index (χ2n) is 8.59. The van der Waals surface area contributed by atoms with Gasteiger partial charge < -0.3 is 14.6 Å². The third-order valence-corrected chi connectivity index (χ3v) is 5.70. The highest BCUT2D eigenvalue weighted by atomic mass is 16.5. The summed E-state index contributed by atoms with van der Waals surface area (Å²) >= 11 is 0. The van der Waals surface area contributed by atoms with Crippen molar-refractivity contribution in [2.45, 2.75) is 57.3 Å². The lowest BCUT2D eigenvalue weighted by molar-refractivity contribution is -0.120. The van der Waals surface area contributed by atoms with E-state index in [4.69, 9.17) is 9.47 Å². The number of ether oxygens (including phenoxy) is 2. The molecule has 1 saturated heterocycles. The molecule has 4 rings (SSSR count). The van der Waals surface area contributed by atoms with Crippen LogP contribution in [0.5, 0.6) is 0 Å². The van der Waals surface area contributed by atoms with Gasteiger partial charge >= 0.3 is 0 Å². The Morgan fingerprint density at radius 3 is 2.83 bits per heavy atom. The van der Waals surface area contributed by atoms with Crippen molar-refractivity contribution >= 4 is 11.7 Å². The number of aromatic nitrogens is 1. The van der Waals surface area contributed by atoms with E-state index in [9.17, 15) is 9.90 Å². The zero-order valence-corrected chi connectivity index (χ0v) is 17.5. The Balaban J connectivity index is 1.41. The second kappa shape index (κ2) is 8.66. The van der Waals surface area contributed by atoms with Gasteiger partial charge in [-0.15, -0.1) is 0 Å². The van der Waals surface area contributed by atoms with E-state index in [0.717, 1.165) is 35.4 Å². The summed E-state index contributed by atoms with van der Waals surface area (Å²) in [4.78, 5) is 21.8. The Hall–Kier alpha value is -2.57. The number of hydrogen-bond acceptors (Lipinski definition) is 6. The predicted molar refractivity (Wildman–Crippen MR) is 114 cm³/mol. The average molecular weight is 408 g/mol. The molecule has 2 atom stereocenters. The summed E-state index contributed by atoms with van der Waals surface area (Å²) in [7, 11) is 0. The van der Waals surface area contributed by atoms with Crippen molar-refractivity contribution in [2.75, 3.05) is 13.2 Å². The predicted octanol–water partition coefficient (Wildman–Crippen LogP) is 3.20. The van der Waals surface area contributed by atoms with Crippen LogP contribution in [0.2, 0.25) is 0 Å². The van der Waals surface area contributed by atoms with Gasteiger partial charge in [-0.05, 0) is 31.0 Å². The van der Waals surface area contributed by atoms with E-state index in [-0.39, 0.29) is 30.6 Å². The molecule has 2 aromatic rings. The number of aliphatic hydroxyl groups is 1. The van der Waals surface area contributed by atoms with Gasteiger partial charge in [-0.1, -0.05) is 30.3 Å². The highest BCUT2D eigenvalue weighted by molar-refractivity contribution is 5.97. The molecule has 6 heteroatoms. The van der Waals surface area contributed by atoms with Crippen LogP contribution in [-0.4, -0.2) is 46.7 Å². The number of hydrogen-bond donors (Lipinski definition) is 1. The number of carbonyl (C=O) groups is 1. The summed E-state index contributed by atoms with van der Waals surface area (Å²) in [5, 5.41) is 10.6. The zero-order valence-electron chi connectivity index (χ0n) is 17.5. The Morgan fingerprint density at radius 1 is 1.33 bits per heavy atom. The van der Waals surface area contributed by atoms with Crippen molar-refractivity contribution in [1.82, 2.24) is 4.98 Å². The number of pyridine rings is 1. The molecule has 1 fully saturated rings. The van der Waals surface area contributed by atoms with E-state index >= 15 is 0 Å². The van der Waals surface area contributed by atoms with Crippen LogP contribution in [0.1, 0.15) is 55.0 Å². The minimum atomic E-state index is -0.994. The van der Waals surface area contributed by atoms with Crippen LogP contribution in [0.15, 0.2) is 47.6 Å². The fourth-order valence-electron chi connectivity index (χ4n) is 4.04. The molecule has 0 bridgehead atoms. The molecule has 3 heterocycles. The summed E-state index contributed by atoms with van der Waals surface area (Å²) in [5.41, 5.74) is 2.63. The van der Waals surface area contributed by atoms with Gasteiger partial charge in [0.05, 0.1) is 30.9 Å². The molecule has 1 unspecified atom stereocenters. The van der Waals surface area contributed by atoms with Crippen LogP contribution >= 0.6 is 0 Å². The minimum Gasteiger partial charge on any atom is -0.472 e. The Kier molecular flexibility index (Phi) is 5.97. The number of carbonyl (C=O) groups excluding carboxylic acids is 1. The maximum Gasteiger partial charge on any atom is 0.218 e. The van der Waals surface area contributed by atoms with Gasteiger partial charge in [-0.2, -0.15) is 0 Å². The highest BCUT2D eigenvalue weighted by Gasteiger charge is 2.31. The number of ketones is 1. The van der Waals surface area contributed by atoms with Crippen molar-refractivity contribution in [3.05, 3.63) is 65.0 Å². The quantitative estimate of drug-likeness (QED) is 0.761. The number of benzene rings is 1. The highest BCUT2D eigenvalue weighted by Crippen LogP contribution is 2.32. The number of rotatable bonds is 7. The van der Waals surface area contributed by atoms with Gasteiger partial charge in [0.15, 0.2) is 0 Å². The molecular formula is C24H28N2O4. The third-order valence-electron chi connectivity index (χ3n) is 5.70. The van der Waals surface area contributed by atoms with Crippen molar-refractivity contribution < 1.29 is 19.4 Å². The number of fused-ring (bicyclic) bond motifs is 1. The maximum atomic E-state index is 12.8. The lowest BCUT2D eigenvalue weighted by atomic mass is 9.80. The molecule has 0 amide bonds. The van der Waals surface area contributed by atoms with Crippen LogP contribution in [0.25, 0.3) is 0 Å². The van der Waals surface area contributed by atoms with E-state index in [1.807, 2.05) is 36.4 Å². The van der Waals surface area contributed by atoms with Crippen LogP contribution in [0.3, 0.4) is 0 Å². The summed E-state index contributed by atoms with van der Waals surface area (Å²) in [6.45, 7) is 5.36. The number of nitrogens with zero attached hydrogens (tertiary/aromatic N) is 2. The fourth-order valence-corrected chi connectivity index (χ4v) is 4.04. The van der Waals surface area contributed by atoms with Gasteiger partial charge in [-0.25, -0.2) is 4.99 Å². The van der Waals surface area contributed by atoms with Crippen LogP contribution < -0.4 is 0 Å². The van der Waals surface area contributed by atoms with Crippen LogP contribution in [-0.2, 0) is 27.2 Å². The summed E-state index contributed by atoms with van der Waals surface area (Å²) in [6.07, 6.45) is 3.17. The molecule has 0 radical (unpaired) electrons. The van der Waals surface area contributed by atoms with Gasteiger partial charge in [0, 0.05) is 37.1 Å². The maximum absolute atomic E-state index is 12.8. The summed E-state index contributed by atoms with van der Waals surface area (Å²) < 4.78 is 11.3. The standard InChI is InChI=1S/C24H28N2O4/c1-24(2,28)22(16-6-4-3-5-7-16)12-19(27)11-18-10-17-13-26-23(21(17)14-25-18)30-20-8-9-29-15-20/h3-7,10,14,20,22,28H,8-9,11-13,15H2,1-2H3/t20?,22-/m0/s1. The average Bonchev–Trinajstić information content (AvgIpc) is 3.36.